The molecule has 6 nitrogen and oxygen atoms in total. The maximum atomic E-state index is 12.3. The van der Waals surface area contributed by atoms with Crippen LogP contribution in [0.25, 0.3) is 0 Å². The second-order valence-corrected chi connectivity index (χ2v) is 14.2. The number of ether oxygens (including phenoxy) is 1. The average Bonchev–Trinajstić information content (AvgIpc) is 3.10. The van der Waals surface area contributed by atoms with Gasteiger partial charge in [0.1, 0.15) is 11.5 Å². The molecule has 0 aliphatic carbocycles. The highest BCUT2D eigenvalue weighted by Crippen LogP contribution is 2.49. The van der Waals surface area contributed by atoms with E-state index in [1.54, 1.807) is 0 Å². The number of nitrogens with zero attached hydrogens (tertiary/aromatic N) is 2. The lowest BCUT2D eigenvalue weighted by atomic mass is 9.62. The number of benzene rings is 3. The van der Waals surface area contributed by atoms with Crippen molar-refractivity contribution in [3.63, 3.8) is 0 Å². The predicted molar refractivity (Wildman–Crippen MR) is 206 cm³/mol. The van der Waals surface area contributed by atoms with Gasteiger partial charge in [-0.05, 0) is 57.7 Å². The van der Waals surface area contributed by atoms with Gasteiger partial charge in [-0.3, -0.25) is 4.67 Å². The summed E-state index contributed by atoms with van der Waals surface area (Å²) >= 11 is 0. The van der Waals surface area contributed by atoms with Crippen molar-refractivity contribution in [1.29, 1.82) is 5.26 Å². The molecule has 0 heterocycles. The number of nitriles is 1. The number of hydrogen-bond donors (Lipinski definition) is 2. The van der Waals surface area contributed by atoms with E-state index in [4.69, 9.17) is 14.5 Å². The minimum absolute atomic E-state index is 0.376. The highest BCUT2D eigenvalue weighted by molar-refractivity contribution is 7.29. The third-order valence-electron chi connectivity index (χ3n) is 8.91. The first kappa shape index (κ1) is 42.5. The zero-order valence-electron chi connectivity index (χ0n) is 31.0. The second-order valence-electron chi connectivity index (χ2n) is 13.2. The Kier molecular flexibility index (Phi) is 20.6. The summed E-state index contributed by atoms with van der Waals surface area (Å²) in [4.78, 5) is 0. The van der Waals surface area contributed by atoms with Gasteiger partial charge in [-0.15, -0.1) is 0 Å². The van der Waals surface area contributed by atoms with Crippen molar-refractivity contribution in [3.8, 4) is 6.07 Å². The third-order valence-corrected chi connectivity index (χ3v) is 10.5. The van der Waals surface area contributed by atoms with E-state index in [9.17, 15) is 10.2 Å². The maximum absolute atomic E-state index is 12.3. The van der Waals surface area contributed by atoms with Crippen molar-refractivity contribution < 1.29 is 19.5 Å². The monoisotopic (exact) mass is 690 g/mol. The van der Waals surface area contributed by atoms with Crippen LogP contribution in [-0.2, 0) is 14.7 Å². The average molecular weight is 691 g/mol. The Hall–Kier alpha value is -2.62. The van der Waals surface area contributed by atoms with E-state index in [0.29, 0.717) is 47.1 Å². The molecule has 0 saturated heterocycles. The zero-order valence-corrected chi connectivity index (χ0v) is 32.0. The van der Waals surface area contributed by atoms with Gasteiger partial charge < -0.3 is 19.5 Å². The normalized spacial score (nSPS) is 12.8. The van der Waals surface area contributed by atoms with Crippen LogP contribution >= 0.6 is 8.96 Å². The summed E-state index contributed by atoms with van der Waals surface area (Å²) in [5.74, 6) is -2.19. The summed E-state index contributed by atoms with van der Waals surface area (Å²) in [7, 11) is 0.376. The van der Waals surface area contributed by atoms with Crippen LogP contribution < -0.4 is 0 Å². The lowest BCUT2D eigenvalue weighted by molar-refractivity contribution is -0.264. The van der Waals surface area contributed by atoms with Crippen LogP contribution in [0, 0.1) is 11.3 Å². The van der Waals surface area contributed by atoms with E-state index in [1.165, 1.54) is 38.5 Å². The molecule has 0 aliphatic heterocycles. The van der Waals surface area contributed by atoms with E-state index in [2.05, 4.69) is 45.4 Å². The summed E-state index contributed by atoms with van der Waals surface area (Å²) in [6.45, 7) is 13.7. The van der Waals surface area contributed by atoms with Crippen molar-refractivity contribution in [3.05, 3.63) is 108 Å². The van der Waals surface area contributed by atoms with Crippen LogP contribution in [0.1, 0.15) is 122 Å². The lowest BCUT2D eigenvalue weighted by Gasteiger charge is -2.48. The van der Waals surface area contributed by atoms with Gasteiger partial charge in [-0.25, -0.2) is 0 Å². The van der Waals surface area contributed by atoms with Crippen LogP contribution in [0.4, 0.5) is 0 Å². The molecule has 2 N–H and O–H groups in total. The van der Waals surface area contributed by atoms with Gasteiger partial charge in [0.2, 0.25) is 5.79 Å². The van der Waals surface area contributed by atoms with Crippen molar-refractivity contribution in [2.75, 3.05) is 13.2 Å². The number of unbranched alkanes of at least 4 members (excludes halogenated alkanes) is 7. The molecule has 0 aromatic heterocycles. The molecule has 2 atom stereocenters. The lowest BCUT2D eigenvalue weighted by Crippen LogP contribution is -2.61. The van der Waals surface area contributed by atoms with E-state index < -0.39 is 17.3 Å². The van der Waals surface area contributed by atoms with Gasteiger partial charge in [-0.2, -0.15) is 5.26 Å². The Morgan fingerprint density at radius 2 is 1.12 bits per heavy atom. The molecule has 0 radical (unpaired) electrons. The van der Waals surface area contributed by atoms with Crippen molar-refractivity contribution in [1.82, 2.24) is 4.67 Å². The molecule has 2 unspecified atom stereocenters. The minimum Gasteiger partial charge on any atom is -0.373 e. The fourth-order valence-electron chi connectivity index (χ4n) is 6.53. The van der Waals surface area contributed by atoms with Gasteiger partial charge in [0, 0.05) is 18.7 Å². The van der Waals surface area contributed by atoms with Gasteiger partial charge in [0.25, 0.3) is 0 Å². The topological polar surface area (TPSA) is 86.0 Å². The van der Waals surface area contributed by atoms with E-state index in [1.807, 2.05) is 97.9 Å². The molecular weight excluding hydrogens is 627 g/mol. The minimum atomic E-state index is -2.19. The Morgan fingerprint density at radius 1 is 0.694 bits per heavy atom. The molecule has 7 heteroatoms. The highest BCUT2D eigenvalue weighted by Gasteiger charge is 2.57. The molecule has 0 amide bonds. The Morgan fingerprint density at radius 3 is 1.51 bits per heavy atom. The molecule has 270 valence electrons. The van der Waals surface area contributed by atoms with Crippen LogP contribution in [0.3, 0.4) is 0 Å². The van der Waals surface area contributed by atoms with Crippen molar-refractivity contribution >= 4 is 8.96 Å². The first-order chi connectivity index (χ1) is 23.7. The highest BCUT2D eigenvalue weighted by atomic mass is 31.1. The molecule has 0 spiro atoms. The molecule has 3 rings (SSSR count). The van der Waals surface area contributed by atoms with Gasteiger partial charge >= 0.3 is 0 Å². The molecule has 0 bridgehead atoms. The van der Waals surface area contributed by atoms with Crippen molar-refractivity contribution in [2.45, 2.75) is 135 Å². The molecule has 49 heavy (non-hydrogen) atoms. The maximum Gasteiger partial charge on any atom is 0.208 e. The standard InChI is InChI=1S/C33H44O3.C9H19N2OP/c1-3-5-6-7-8-9-10-20-27-31(36-4-2)33(34,35)32(28-21-14-11-15-22-28,29-23-16-12-17-24-29)30-25-18-13-19-26-30;1-8(2)11(9(3)4)13-12-7-5-6-10/h11-19,21-26,31,34-35H,3-10,20,27H2,1-2H3;8-9,13H,5,7H2,1-4H3. The molecule has 0 saturated carbocycles. The van der Waals surface area contributed by atoms with Gasteiger partial charge in [0.05, 0.1) is 28.1 Å². The van der Waals surface area contributed by atoms with Crippen LogP contribution in [0.2, 0.25) is 0 Å². The summed E-state index contributed by atoms with van der Waals surface area (Å²) in [5.41, 5.74) is 1.26. The van der Waals surface area contributed by atoms with E-state index in [0.717, 1.165) is 29.5 Å². The SMILES string of the molecule is CC(C)N(POCCC#N)C(C)C.CCCCCCCCCCC(OCC)C(O)(O)C(c1ccccc1)(c1ccccc1)c1ccccc1. The van der Waals surface area contributed by atoms with Crippen molar-refractivity contribution in [2.24, 2.45) is 0 Å². The summed E-state index contributed by atoms with van der Waals surface area (Å²) in [6.07, 6.45) is 9.87. The Balaban J connectivity index is 0.000000543. The second kappa shape index (κ2) is 23.7. The van der Waals surface area contributed by atoms with E-state index >= 15 is 0 Å². The molecule has 0 aliphatic rings. The predicted octanol–water partition coefficient (Wildman–Crippen LogP) is 10.2. The van der Waals surface area contributed by atoms with Gasteiger partial charge in [-0.1, -0.05) is 149 Å². The number of aliphatic hydroxyl groups is 2. The van der Waals surface area contributed by atoms with E-state index in [-0.39, 0.29) is 0 Å². The Bertz CT molecular complexity index is 1180. The quantitative estimate of drug-likeness (QED) is 0.0472. The molecular formula is C42H63N2O4P. The first-order valence-electron chi connectivity index (χ1n) is 18.4. The summed E-state index contributed by atoms with van der Waals surface area (Å²) in [5, 5.41) is 32.9. The van der Waals surface area contributed by atoms with Crippen LogP contribution in [-0.4, -0.2) is 52.1 Å². The number of hydrogen-bond acceptors (Lipinski definition) is 6. The van der Waals surface area contributed by atoms with Crippen LogP contribution in [0.15, 0.2) is 91.0 Å². The summed E-state index contributed by atoms with van der Waals surface area (Å²) < 4.78 is 13.8. The molecule has 3 aromatic carbocycles. The fraction of sp³-hybridized carbons (Fsp3) is 0.548. The molecule has 0 fully saturated rings. The zero-order chi connectivity index (χ0) is 36.0. The first-order valence-corrected chi connectivity index (χ1v) is 19.3. The smallest absolute Gasteiger partial charge is 0.208 e. The third kappa shape index (κ3) is 12.9. The summed E-state index contributed by atoms with van der Waals surface area (Å²) in [6, 6.07) is 32.6. The Labute approximate surface area is 299 Å². The molecule has 3 aromatic rings. The van der Waals surface area contributed by atoms with Crippen LogP contribution in [0.5, 0.6) is 0 Å². The number of rotatable bonds is 22. The largest absolute Gasteiger partial charge is 0.373 e. The fourth-order valence-corrected chi connectivity index (χ4v) is 7.30. The van der Waals surface area contributed by atoms with Gasteiger partial charge in [0.15, 0.2) is 0 Å².